The van der Waals surface area contributed by atoms with Crippen LogP contribution in [0.25, 0.3) is 0 Å². The maximum atomic E-state index is 12.3. The second-order valence-electron chi connectivity index (χ2n) is 5.42. The van der Waals surface area contributed by atoms with Gasteiger partial charge in [-0.3, -0.25) is 0 Å². The summed E-state index contributed by atoms with van der Waals surface area (Å²) in [6.07, 6.45) is 1.94. The number of carbonyl (C=O) groups is 1. The lowest BCUT2D eigenvalue weighted by Crippen LogP contribution is -2.39. The number of rotatable bonds is 7. The van der Waals surface area contributed by atoms with E-state index in [-0.39, 0.29) is 18.1 Å². The highest BCUT2D eigenvalue weighted by Crippen LogP contribution is 2.18. The van der Waals surface area contributed by atoms with Gasteiger partial charge in [0.25, 0.3) is 0 Å². The van der Waals surface area contributed by atoms with Crippen molar-refractivity contribution in [2.45, 2.75) is 52.6 Å². The predicted molar refractivity (Wildman–Crippen MR) is 89.7 cm³/mol. The second kappa shape index (κ2) is 8.67. The SMILES string of the molecule is CCNC(C)c1cccc(NC(=O)N(C)C(CC)CC)c1. The first-order chi connectivity index (χ1) is 10.0. The van der Waals surface area contributed by atoms with Crippen LogP contribution < -0.4 is 10.6 Å². The highest BCUT2D eigenvalue weighted by molar-refractivity contribution is 5.89. The summed E-state index contributed by atoms with van der Waals surface area (Å²) in [5.41, 5.74) is 2.03. The minimum Gasteiger partial charge on any atom is -0.325 e. The van der Waals surface area contributed by atoms with Crippen LogP contribution in [-0.4, -0.2) is 30.6 Å². The Labute approximate surface area is 128 Å². The van der Waals surface area contributed by atoms with Crippen LogP contribution in [0, 0.1) is 0 Å². The van der Waals surface area contributed by atoms with Crippen LogP contribution in [0.4, 0.5) is 10.5 Å². The first-order valence-electron chi connectivity index (χ1n) is 7.90. The Balaban J connectivity index is 2.74. The van der Waals surface area contributed by atoms with E-state index < -0.39 is 0 Å². The largest absolute Gasteiger partial charge is 0.325 e. The molecule has 0 aromatic heterocycles. The van der Waals surface area contributed by atoms with Crippen molar-refractivity contribution in [2.24, 2.45) is 0 Å². The number of carbonyl (C=O) groups excluding carboxylic acids is 1. The van der Waals surface area contributed by atoms with Crippen molar-refractivity contribution in [1.82, 2.24) is 10.2 Å². The van der Waals surface area contributed by atoms with E-state index in [9.17, 15) is 4.79 Å². The van der Waals surface area contributed by atoms with E-state index >= 15 is 0 Å². The zero-order chi connectivity index (χ0) is 15.8. The third-order valence-corrected chi connectivity index (χ3v) is 3.96. The van der Waals surface area contributed by atoms with Crippen molar-refractivity contribution in [3.8, 4) is 0 Å². The number of anilines is 1. The van der Waals surface area contributed by atoms with Gasteiger partial charge in [-0.15, -0.1) is 0 Å². The highest BCUT2D eigenvalue weighted by Gasteiger charge is 2.16. The standard InChI is InChI=1S/C17H29N3O/c1-6-16(7-2)20(5)17(21)19-15-11-9-10-14(12-15)13(4)18-8-3/h9-13,16,18H,6-8H2,1-5H3,(H,19,21). The Morgan fingerprint density at radius 2 is 1.90 bits per heavy atom. The Morgan fingerprint density at radius 3 is 2.48 bits per heavy atom. The topological polar surface area (TPSA) is 44.4 Å². The zero-order valence-corrected chi connectivity index (χ0v) is 13.9. The van der Waals surface area contributed by atoms with E-state index in [1.165, 1.54) is 5.56 Å². The molecule has 1 aromatic carbocycles. The van der Waals surface area contributed by atoms with E-state index in [0.29, 0.717) is 0 Å². The maximum absolute atomic E-state index is 12.3. The van der Waals surface area contributed by atoms with Crippen LogP contribution in [-0.2, 0) is 0 Å². The number of nitrogens with zero attached hydrogens (tertiary/aromatic N) is 1. The van der Waals surface area contributed by atoms with Crippen molar-refractivity contribution in [3.05, 3.63) is 29.8 Å². The van der Waals surface area contributed by atoms with E-state index in [1.807, 2.05) is 25.2 Å². The molecular weight excluding hydrogens is 262 g/mol. The Bertz CT molecular complexity index is 443. The number of hydrogen-bond donors (Lipinski definition) is 2. The molecule has 21 heavy (non-hydrogen) atoms. The summed E-state index contributed by atoms with van der Waals surface area (Å²) in [5, 5.41) is 6.37. The molecule has 0 saturated heterocycles. The molecule has 4 heteroatoms. The molecule has 118 valence electrons. The van der Waals surface area contributed by atoms with Crippen molar-refractivity contribution in [3.63, 3.8) is 0 Å². The van der Waals surface area contributed by atoms with Gasteiger partial charge >= 0.3 is 6.03 Å². The first-order valence-corrected chi connectivity index (χ1v) is 7.90. The van der Waals surface area contributed by atoms with E-state index in [0.717, 1.165) is 25.1 Å². The summed E-state index contributed by atoms with van der Waals surface area (Å²) in [5.74, 6) is 0. The van der Waals surface area contributed by atoms with Crippen molar-refractivity contribution in [1.29, 1.82) is 0 Å². The highest BCUT2D eigenvalue weighted by atomic mass is 16.2. The van der Waals surface area contributed by atoms with Gasteiger partial charge in [-0.2, -0.15) is 0 Å². The lowest BCUT2D eigenvalue weighted by molar-refractivity contribution is 0.200. The van der Waals surface area contributed by atoms with Crippen LogP contribution >= 0.6 is 0 Å². The Kier molecular flexibility index (Phi) is 7.23. The number of hydrogen-bond acceptors (Lipinski definition) is 2. The van der Waals surface area contributed by atoms with Crippen molar-refractivity contribution >= 4 is 11.7 Å². The smallest absolute Gasteiger partial charge is 0.321 e. The van der Waals surface area contributed by atoms with Gasteiger partial charge in [-0.1, -0.05) is 32.9 Å². The second-order valence-corrected chi connectivity index (χ2v) is 5.42. The third-order valence-electron chi connectivity index (χ3n) is 3.96. The molecule has 0 aliphatic heterocycles. The molecule has 0 aliphatic carbocycles. The lowest BCUT2D eigenvalue weighted by Gasteiger charge is -2.26. The molecular formula is C17H29N3O. The molecule has 0 aliphatic rings. The van der Waals surface area contributed by atoms with Crippen LogP contribution in [0.2, 0.25) is 0 Å². The van der Waals surface area contributed by atoms with Gasteiger partial charge in [0.15, 0.2) is 0 Å². The molecule has 0 spiro atoms. The third kappa shape index (κ3) is 5.05. The molecule has 2 N–H and O–H groups in total. The first kappa shape index (κ1) is 17.5. The van der Waals surface area contributed by atoms with Gasteiger partial charge in [0.2, 0.25) is 0 Å². The quantitative estimate of drug-likeness (QED) is 0.797. The van der Waals surface area contributed by atoms with E-state index in [2.05, 4.69) is 44.4 Å². The summed E-state index contributed by atoms with van der Waals surface area (Å²) in [4.78, 5) is 14.1. The Morgan fingerprint density at radius 1 is 1.24 bits per heavy atom. The molecule has 0 heterocycles. The summed E-state index contributed by atoms with van der Waals surface area (Å²) in [6.45, 7) is 9.36. The van der Waals surface area contributed by atoms with Crippen molar-refractivity contribution in [2.75, 3.05) is 18.9 Å². The number of nitrogens with one attached hydrogen (secondary N) is 2. The fraction of sp³-hybridized carbons (Fsp3) is 0.588. The van der Waals surface area contributed by atoms with Gasteiger partial charge in [-0.05, 0) is 44.0 Å². The van der Waals surface area contributed by atoms with Gasteiger partial charge in [0.05, 0.1) is 0 Å². The molecule has 0 radical (unpaired) electrons. The number of urea groups is 1. The fourth-order valence-electron chi connectivity index (χ4n) is 2.52. The summed E-state index contributed by atoms with van der Waals surface area (Å²) in [6, 6.07) is 8.55. The van der Waals surface area contributed by atoms with Gasteiger partial charge in [0.1, 0.15) is 0 Å². The van der Waals surface area contributed by atoms with E-state index in [4.69, 9.17) is 0 Å². The molecule has 1 atom stereocenters. The molecule has 0 fully saturated rings. The van der Waals surface area contributed by atoms with Crippen LogP contribution in [0.1, 0.15) is 52.1 Å². The molecule has 1 aromatic rings. The summed E-state index contributed by atoms with van der Waals surface area (Å²) < 4.78 is 0. The van der Waals surface area contributed by atoms with Crippen LogP contribution in [0.15, 0.2) is 24.3 Å². The average molecular weight is 291 g/mol. The van der Waals surface area contributed by atoms with Crippen LogP contribution in [0.5, 0.6) is 0 Å². The predicted octanol–water partition coefficient (Wildman–Crippen LogP) is 4.01. The van der Waals surface area contributed by atoms with Gasteiger partial charge in [-0.25, -0.2) is 4.79 Å². The summed E-state index contributed by atoms with van der Waals surface area (Å²) in [7, 11) is 1.86. The average Bonchev–Trinajstić information content (AvgIpc) is 2.48. The van der Waals surface area contributed by atoms with Gasteiger partial charge in [0, 0.05) is 24.8 Å². The van der Waals surface area contributed by atoms with E-state index in [1.54, 1.807) is 4.90 Å². The number of benzene rings is 1. The molecule has 4 nitrogen and oxygen atoms in total. The fourth-order valence-corrected chi connectivity index (χ4v) is 2.52. The molecule has 1 rings (SSSR count). The lowest BCUT2D eigenvalue weighted by atomic mass is 10.1. The minimum atomic E-state index is -0.0445. The monoisotopic (exact) mass is 291 g/mol. The summed E-state index contributed by atoms with van der Waals surface area (Å²) >= 11 is 0. The van der Waals surface area contributed by atoms with Gasteiger partial charge < -0.3 is 15.5 Å². The van der Waals surface area contributed by atoms with Crippen molar-refractivity contribution < 1.29 is 4.79 Å². The Hall–Kier alpha value is -1.55. The van der Waals surface area contributed by atoms with Crippen LogP contribution in [0.3, 0.4) is 0 Å². The normalized spacial score (nSPS) is 12.3. The molecule has 1 unspecified atom stereocenters. The minimum absolute atomic E-state index is 0.0445. The zero-order valence-electron chi connectivity index (χ0n) is 13.9. The molecule has 0 saturated carbocycles. The molecule has 0 bridgehead atoms. The number of amides is 2. The maximum Gasteiger partial charge on any atom is 0.321 e. The molecule has 2 amide bonds.